The Morgan fingerprint density at radius 3 is 2.73 bits per heavy atom. The lowest BCUT2D eigenvalue weighted by Crippen LogP contribution is -2.21. The van der Waals surface area contributed by atoms with E-state index in [-0.39, 0.29) is 12.5 Å². The zero-order valence-corrected chi connectivity index (χ0v) is 20.0. The summed E-state index contributed by atoms with van der Waals surface area (Å²) in [5.74, 6) is 2.80. The Bertz CT molecular complexity index is 1110. The van der Waals surface area contributed by atoms with Crippen molar-refractivity contribution in [1.82, 2.24) is 14.8 Å². The van der Waals surface area contributed by atoms with Crippen LogP contribution in [0.4, 0.5) is 5.69 Å². The number of rotatable bonds is 10. The monoisotopic (exact) mass is 466 g/mol. The van der Waals surface area contributed by atoms with Crippen molar-refractivity contribution in [2.24, 2.45) is 0 Å². The smallest absolute Gasteiger partial charge is 0.221 e. The van der Waals surface area contributed by atoms with Gasteiger partial charge in [-0.2, -0.15) is 0 Å². The quantitative estimate of drug-likeness (QED) is 0.419. The summed E-state index contributed by atoms with van der Waals surface area (Å²) in [5, 5.41) is 23.0. The lowest BCUT2D eigenvalue weighted by Gasteiger charge is -2.16. The topological polar surface area (TPSA) is 89.3 Å². The highest BCUT2D eigenvalue weighted by atomic mass is 32.2. The summed E-state index contributed by atoms with van der Waals surface area (Å²) in [6, 6.07) is 15.6. The van der Waals surface area contributed by atoms with Crippen LogP contribution in [0.5, 0.6) is 5.75 Å². The Hall–Kier alpha value is -2.84. The molecule has 1 unspecified atom stereocenters. The Morgan fingerprint density at radius 1 is 1.21 bits per heavy atom. The van der Waals surface area contributed by atoms with Crippen LogP contribution in [-0.4, -0.2) is 44.2 Å². The van der Waals surface area contributed by atoms with Crippen LogP contribution in [0.2, 0.25) is 0 Å². The zero-order chi connectivity index (χ0) is 23.4. The standard InChI is InChI=1S/C25H30N4O3S/c1-16(2)22-9-4-5-10-23(22)32-14-21(31)15-33-25-28-27-24(18-11-12-18)29(25)20-8-6-7-19(13-20)26-17(3)30/h4-10,13,16,18,21,31H,11-12,14-15H2,1-3H3,(H,26,30). The summed E-state index contributed by atoms with van der Waals surface area (Å²) >= 11 is 1.45. The van der Waals surface area contributed by atoms with Crippen molar-refractivity contribution in [3.63, 3.8) is 0 Å². The van der Waals surface area contributed by atoms with E-state index in [1.54, 1.807) is 0 Å². The van der Waals surface area contributed by atoms with Gasteiger partial charge in [0.1, 0.15) is 18.2 Å². The zero-order valence-electron chi connectivity index (χ0n) is 19.2. The first-order chi connectivity index (χ1) is 15.9. The van der Waals surface area contributed by atoms with E-state index in [0.29, 0.717) is 17.6 Å². The molecule has 2 N–H and O–H groups in total. The van der Waals surface area contributed by atoms with Crippen LogP contribution in [0.3, 0.4) is 0 Å². The van der Waals surface area contributed by atoms with E-state index in [9.17, 15) is 9.90 Å². The molecule has 1 atom stereocenters. The second-order valence-corrected chi connectivity index (χ2v) is 9.64. The third-order valence-corrected chi connectivity index (χ3v) is 6.48. The molecule has 0 spiro atoms. The Kier molecular flexibility index (Phi) is 7.35. The van der Waals surface area contributed by atoms with Crippen LogP contribution in [0.1, 0.15) is 56.8 Å². The van der Waals surface area contributed by atoms with Crippen molar-refractivity contribution in [2.75, 3.05) is 17.7 Å². The van der Waals surface area contributed by atoms with Gasteiger partial charge < -0.3 is 15.2 Å². The fraction of sp³-hybridized carbons (Fsp3) is 0.400. The molecule has 1 heterocycles. The number of nitrogens with one attached hydrogen (secondary N) is 1. The molecular weight excluding hydrogens is 436 g/mol. The maximum absolute atomic E-state index is 11.5. The van der Waals surface area contributed by atoms with Gasteiger partial charge in [-0.05, 0) is 48.6 Å². The molecule has 0 radical (unpaired) electrons. The third kappa shape index (κ3) is 5.94. The molecule has 3 aromatic rings. The number of amides is 1. The number of anilines is 1. The van der Waals surface area contributed by atoms with Gasteiger partial charge in [0.15, 0.2) is 5.16 Å². The summed E-state index contributed by atoms with van der Waals surface area (Å²) < 4.78 is 7.96. The van der Waals surface area contributed by atoms with Gasteiger partial charge in [0.25, 0.3) is 0 Å². The molecule has 1 fully saturated rings. The normalized spacial score (nSPS) is 14.3. The number of hydrogen-bond donors (Lipinski definition) is 2. The minimum atomic E-state index is -0.657. The number of carbonyl (C=O) groups excluding carboxylic acids is 1. The van der Waals surface area contributed by atoms with E-state index in [4.69, 9.17) is 4.74 Å². The molecule has 1 aromatic heterocycles. The number of ether oxygens (including phenoxy) is 1. The van der Waals surface area contributed by atoms with E-state index in [1.165, 1.54) is 18.7 Å². The number of para-hydroxylation sites is 1. The van der Waals surface area contributed by atoms with Crippen molar-refractivity contribution in [1.29, 1.82) is 0 Å². The van der Waals surface area contributed by atoms with Gasteiger partial charge in [0.2, 0.25) is 5.91 Å². The average Bonchev–Trinajstić information content (AvgIpc) is 3.55. The molecule has 33 heavy (non-hydrogen) atoms. The predicted octanol–water partition coefficient (Wildman–Crippen LogP) is 4.76. The number of aromatic nitrogens is 3. The lowest BCUT2D eigenvalue weighted by molar-refractivity contribution is -0.114. The van der Waals surface area contributed by atoms with Gasteiger partial charge in [-0.1, -0.05) is 49.9 Å². The van der Waals surface area contributed by atoms with Crippen LogP contribution < -0.4 is 10.1 Å². The molecule has 1 amide bonds. The van der Waals surface area contributed by atoms with Crippen LogP contribution in [0.25, 0.3) is 5.69 Å². The third-order valence-electron chi connectivity index (χ3n) is 5.40. The number of benzene rings is 2. The maximum Gasteiger partial charge on any atom is 0.221 e. The Morgan fingerprint density at radius 2 is 2.00 bits per heavy atom. The molecule has 4 rings (SSSR count). The second-order valence-electron chi connectivity index (χ2n) is 8.65. The molecule has 0 aliphatic heterocycles. The summed E-state index contributed by atoms with van der Waals surface area (Å²) in [5.41, 5.74) is 2.75. The van der Waals surface area contributed by atoms with E-state index in [0.717, 1.165) is 46.5 Å². The van der Waals surface area contributed by atoms with Crippen LogP contribution in [0.15, 0.2) is 53.7 Å². The van der Waals surface area contributed by atoms with Gasteiger partial charge in [0.05, 0.1) is 11.8 Å². The SMILES string of the molecule is CC(=O)Nc1cccc(-n2c(SCC(O)COc3ccccc3C(C)C)nnc2C2CC2)c1. The second kappa shape index (κ2) is 10.4. The maximum atomic E-state index is 11.5. The summed E-state index contributed by atoms with van der Waals surface area (Å²) in [6.45, 7) is 5.95. The summed E-state index contributed by atoms with van der Waals surface area (Å²) in [4.78, 5) is 11.5. The predicted molar refractivity (Wildman–Crippen MR) is 130 cm³/mol. The molecule has 1 saturated carbocycles. The van der Waals surface area contributed by atoms with E-state index in [2.05, 4.69) is 35.4 Å². The minimum Gasteiger partial charge on any atom is -0.491 e. The highest BCUT2D eigenvalue weighted by Crippen LogP contribution is 2.41. The average molecular weight is 467 g/mol. The molecular formula is C25H30N4O3S. The van der Waals surface area contributed by atoms with E-state index in [1.807, 2.05) is 47.0 Å². The number of aliphatic hydroxyl groups is 1. The first-order valence-corrected chi connectivity index (χ1v) is 12.3. The molecule has 1 aliphatic rings. The number of aliphatic hydroxyl groups excluding tert-OH is 1. The van der Waals surface area contributed by atoms with Crippen LogP contribution in [-0.2, 0) is 4.79 Å². The summed E-state index contributed by atoms with van der Waals surface area (Å²) in [7, 11) is 0. The van der Waals surface area contributed by atoms with Crippen molar-refractivity contribution in [3.8, 4) is 11.4 Å². The number of nitrogens with zero attached hydrogens (tertiary/aromatic N) is 3. The Balaban J connectivity index is 1.45. The first-order valence-electron chi connectivity index (χ1n) is 11.3. The van der Waals surface area contributed by atoms with Gasteiger partial charge in [-0.15, -0.1) is 10.2 Å². The van der Waals surface area contributed by atoms with Gasteiger partial charge in [-0.25, -0.2) is 0 Å². The highest BCUT2D eigenvalue weighted by Gasteiger charge is 2.31. The fourth-order valence-corrected chi connectivity index (χ4v) is 4.51. The lowest BCUT2D eigenvalue weighted by atomic mass is 10.0. The highest BCUT2D eigenvalue weighted by molar-refractivity contribution is 7.99. The summed E-state index contributed by atoms with van der Waals surface area (Å²) in [6.07, 6.45) is 1.54. The van der Waals surface area contributed by atoms with Crippen molar-refractivity contribution >= 4 is 23.4 Å². The van der Waals surface area contributed by atoms with Crippen molar-refractivity contribution in [3.05, 3.63) is 59.9 Å². The van der Waals surface area contributed by atoms with Crippen LogP contribution in [0, 0.1) is 0 Å². The van der Waals surface area contributed by atoms with E-state index >= 15 is 0 Å². The van der Waals surface area contributed by atoms with Gasteiger partial charge in [-0.3, -0.25) is 9.36 Å². The van der Waals surface area contributed by atoms with Gasteiger partial charge >= 0.3 is 0 Å². The molecule has 8 heteroatoms. The first kappa shape index (κ1) is 23.3. The van der Waals surface area contributed by atoms with Gasteiger partial charge in [0, 0.05) is 24.3 Å². The number of carbonyl (C=O) groups is 1. The molecule has 7 nitrogen and oxygen atoms in total. The minimum absolute atomic E-state index is 0.116. The van der Waals surface area contributed by atoms with Crippen LogP contribution >= 0.6 is 11.8 Å². The fourth-order valence-electron chi connectivity index (χ4n) is 3.64. The van der Waals surface area contributed by atoms with Crippen molar-refractivity contribution in [2.45, 2.75) is 56.7 Å². The molecule has 1 aliphatic carbocycles. The Labute approximate surface area is 198 Å². The molecule has 0 saturated heterocycles. The molecule has 174 valence electrons. The molecule has 2 aromatic carbocycles. The number of hydrogen-bond acceptors (Lipinski definition) is 6. The molecule has 0 bridgehead atoms. The van der Waals surface area contributed by atoms with E-state index < -0.39 is 6.10 Å². The largest absolute Gasteiger partial charge is 0.491 e. The number of thioether (sulfide) groups is 1. The van der Waals surface area contributed by atoms with Crippen molar-refractivity contribution < 1.29 is 14.6 Å².